The average molecular weight is 304 g/mol. The maximum atomic E-state index is 12.1. The van der Waals surface area contributed by atoms with Crippen LogP contribution in [0.2, 0.25) is 5.02 Å². The quantitative estimate of drug-likeness (QED) is 0.779. The van der Waals surface area contributed by atoms with Crippen LogP contribution in [0.25, 0.3) is 11.0 Å². The van der Waals surface area contributed by atoms with Crippen molar-refractivity contribution in [3.8, 4) is 5.75 Å². The largest absolute Gasteiger partial charge is 0.497 e. The van der Waals surface area contributed by atoms with Crippen LogP contribution in [0.1, 0.15) is 5.56 Å². The lowest BCUT2D eigenvalue weighted by Crippen LogP contribution is -2.32. The van der Waals surface area contributed by atoms with Crippen LogP contribution in [-0.4, -0.2) is 22.9 Å². The van der Waals surface area contributed by atoms with E-state index in [1.165, 1.54) is 4.68 Å². The molecule has 0 saturated heterocycles. The van der Waals surface area contributed by atoms with E-state index in [0.29, 0.717) is 11.6 Å². The van der Waals surface area contributed by atoms with Gasteiger partial charge in [-0.2, -0.15) is 0 Å². The predicted molar refractivity (Wildman–Crippen MR) is 81.9 cm³/mol. The van der Waals surface area contributed by atoms with Crippen LogP contribution in [-0.2, 0) is 6.54 Å². The number of hydrogen-bond acceptors (Lipinski definition) is 2. The summed E-state index contributed by atoms with van der Waals surface area (Å²) in [5.74, 6) is 0.750. The van der Waals surface area contributed by atoms with Gasteiger partial charge in [0, 0.05) is 17.6 Å². The second kappa shape index (κ2) is 5.54. The molecule has 6 heteroatoms. The molecule has 0 saturated carbocycles. The lowest BCUT2D eigenvalue weighted by atomic mass is 10.2. The summed E-state index contributed by atoms with van der Waals surface area (Å²) in [6, 6.07) is 12.7. The first-order chi connectivity index (χ1) is 10.2. The van der Waals surface area contributed by atoms with Crippen molar-refractivity contribution in [2.24, 2.45) is 0 Å². The van der Waals surface area contributed by atoms with Crippen molar-refractivity contribution in [1.82, 2.24) is 15.1 Å². The number of nitrogens with one attached hydrogen (secondary N) is 2. The number of H-pyrrole nitrogens is 1. The van der Waals surface area contributed by atoms with Gasteiger partial charge in [-0.25, -0.2) is 9.48 Å². The highest BCUT2D eigenvalue weighted by atomic mass is 35.5. The third kappa shape index (κ3) is 2.73. The van der Waals surface area contributed by atoms with E-state index in [4.69, 9.17) is 16.3 Å². The molecule has 0 fully saturated rings. The molecule has 21 heavy (non-hydrogen) atoms. The first-order valence-corrected chi connectivity index (χ1v) is 6.82. The maximum Gasteiger partial charge on any atom is 0.341 e. The molecular weight excluding hydrogens is 290 g/mol. The third-order valence-corrected chi connectivity index (χ3v) is 3.45. The normalized spacial score (nSPS) is 10.8. The highest BCUT2D eigenvalue weighted by Gasteiger charge is 2.12. The van der Waals surface area contributed by atoms with E-state index in [0.717, 1.165) is 22.3 Å². The van der Waals surface area contributed by atoms with Crippen molar-refractivity contribution >= 4 is 28.7 Å². The van der Waals surface area contributed by atoms with Crippen molar-refractivity contribution in [1.29, 1.82) is 0 Å². The van der Waals surface area contributed by atoms with Gasteiger partial charge in [-0.1, -0.05) is 23.7 Å². The average Bonchev–Trinajstić information content (AvgIpc) is 2.46. The SMILES string of the molecule is COc1ccc2c(c1)[nH]n2C(=O)NCc1cccc(Cl)c1. The van der Waals surface area contributed by atoms with Crippen molar-refractivity contribution in [3.05, 3.63) is 53.1 Å². The number of methoxy groups -OCH3 is 1. The van der Waals surface area contributed by atoms with Crippen LogP contribution < -0.4 is 10.1 Å². The Hall–Kier alpha value is -2.40. The van der Waals surface area contributed by atoms with Crippen LogP contribution in [0.3, 0.4) is 0 Å². The molecule has 2 aromatic carbocycles. The number of carbonyl (C=O) groups excluding carboxylic acids is 1. The van der Waals surface area contributed by atoms with Gasteiger partial charge in [-0.05, 0) is 29.8 Å². The standard InChI is InChI=1S/C15H14ClN3O2/c1-21-12-5-6-14-13(8-12)18-19(14)15(20)17-9-10-3-2-4-11(16)7-10/h2-8,18H,9H2,1H3,(H,17,20). The predicted octanol–water partition coefficient (Wildman–Crippen LogP) is 3.39. The molecule has 1 aromatic heterocycles. The fraction of sp³-hybridized carbons (Fsp3) is 0.133. The molecule has 0 bridgehead atoms. The molecule has 1 heterocycles. The fourth-order valence-corrected chi connectivity index (χ4v) is 2.33. The topological polar surface area (TPSA) is 59.0 Å². The number of aromatic nitrogens is 2. The third-order valence-electron chi connectivity index (χ3n) is 3.21. The van der Waals surface area contributed by atoms with Crippen molar-refractivity contribution in [2.75, 3.05) is 7.11 Å². The number of halogens is 1. The van der Waals surface area contributed by atoms with Gasteiger partial charge in [0.05, 0.1) is 18.1 Å². The maximum absolute atomic E-state index is 12.1. The van der Waals surface area contributed by atoms with E-state index in [9.17, 15) is 4.79 Å². The second-order valence-corrected chi connectivity index (χ2v) is 5.06. The Morgan fingerprint density at radius 3 is 2.90 bits per heavy atom. The first kappa shape index (κ1) is 13.6. The van der Waals surface area contributed by atoms with Crippen molar-refractivity contribution in [2.45, 2.75) is 6.54 Å². The van der Waals surface area contributed by atoms with Gasteiger partial charge in [0.1, 0.15) is 5.75 Å². The number of ether oxygens (including phenoxy) is 1. The van der Waals surface area contributed by atoms with Crippen LogP contribution in [0.4, 0.5) is 4.79 Å². The summed E-state index contributed by atoms with van der Waals surface area (Å²) >= 11 is 5.91. The van der Waals surface area contributed by atoms with E-state index in [1.54, 1.807) is 13.2 Å². The van der Waals surface area contributed by atoms with Gasteiger partial charge in [-0.15, -0.1) is 0 Å². The Bertz CT molecular complexity index is 791. The van der Waals surface area contributed by atoms with Crippen molar-refractivity contribution < 1.29 is 9.53 Å². The zero-order chi connectivity index (χ0) is 14.8. The highest BCUT2D eigenvalue weighted by Crippen LogP contribution is 2.21. The lowest BCUT2D eigenvalue weighted by Gasteiger charge is -2.16. The summed E-state index contributed by atoms with van der Waals surface area (Å²) in [5.41, 5.74) is 2.64. The van der Waals surface area contributed by atoms with E-state index < -0.39 is 0 Å². The Kier molecular flexibility index (Phi) is 3.58. The molecule has 0 unspecified atom stereocenters. The van der Waals surface area contributed by atoms with Gasteiger partial charge in [0.25, 0.3) is 0 Å². The summed E-state index contributed by atoms with van der Waals surface area (Å²) in [6.45, 7) is 0.420. The molecule has 2 N–H and O–H groups in total. The van der Waals surface area contributed by atoms with E-state index in [1.807, 2.05) is 36.4 Å². The van der Waals surface area contributed by atoms with Crippen LogP contribution in [0.5, 0.6) is 5.75 Å². The number of fused-ring (bicyclic) bond motifs is 1. The number of rotatable bonds is 3. The van der Waals surface area contributed by atoms with Crippen molar-refractivity contribution in [3.63, 3.8) is 0 Å². The van der Waals surface area contributed by atoms with Crippen LogP contribution in [0, 0.1) is 0 Å². The summed E-state index contributed by atoms with van der Waals surface area (Å²) in [5, 5.41) is 6.45. The number of hydrogen-bond donors (Lipinski definition) is 2. The first-order valence-electron chi connectivity index (χ1n) is 6.44. The summed E-state index contributed by atoms with van der Waals surface area (Å²) in [6.07, 6.45) is 0. The molecule has 3 aromatic rings. The Morgan fingerprint density at radius 1 is 1.33 bits per heavy atom. The number of nitrogens with zero attached hydrogens (tertiary/aromatic N) is 1. The van der Waals surface area contributed by atoms with Gasteiger partial charge in [-0.3, -0.25) is 5.10 Å². The molecule has 0 spiro atoms. The van der Waals surface area contributed by atoms with Crippen LogP contribution >= 0.6 is 11.6 Å². The minimum atomic E-state index is -0.215. The summed E-state index contributed by atoms with van der Waals surface area (Å²) in [7, 11) is 1.61. The highest BCUT2D eigenvalue weighted by molar-refractivity contribution is 6.30. The number of aromatic amines is 1. The smallest absolute Gasteiger partial charge is 0.341 e. The zero-order valence-corrected chi connectivity index (χ0v) is 12.1. The van der Waals surface area contributed by atoms with Gasteiger partial charge in [0.2, 0.25) is 0 Å². The molecule has 5 nitrogen and oxygen atoms in total. The molecule has 0 aliphatic heterocycles. The van der Waals surface area contributed by atoms with Gasteiger partial charge < -0.3 is 10.1 Å². The minimum absolute atomic E-state index is 0.215. The Labute approximate surface area is 126 Å². The Morgan fingerprint density at radius 2 is 2.19 bits per heavy atom. The van der Waals surface area contributed by atoms with Crippen LogP contribution in [0.15, 0.2) is 42.5 Å². The molecular formula is C15H14ClN3O2. The minimum Gasteiger partial charge on any atom is -0.497 e. The van der Waals surface area contributed by atoms with E-state index in [-0.39, 0.29) is 6.03 Å². The van der Waals surface area contributed by atoms with Gasteiger partial charge in [0.15, 0.2) is 0 Å². The molecule has 0 aliphatic carbocycles. The molecule has 0 aliphatic rings. The molecule has 0 atom stereocenters. The lowest BCUT2D eigenvalue weighted by molar-refractivity contribution is 0.239. The monoisotopic (exact) mass is 303 g/mol. The zero-order valence-electron chi connectivity index (χ0n) is 11.4. The molecule has 3 rings (SSSR count). The molecule has 108 valence electrons. The Balaban J connectivity index is 1.70. The number of carbonyl (C=O) groups is 1. The fourth-order valence-electron chi connectivity index (χ4n) is 2.12. The van der Waals surface area contributed by atoms with E-state index >= 15 is 0 Å². The molecule has 0 radical (unpaired) electrons. The number of amides is 1. The second-order valence-electron chi connectivity index (χ2n) is 4.62. The van der Waals surface area contributed by atoms with E-state index in [2.05, 4.69) is 10.4 Å². The summed E-state index contributed by atoms with van der Waals surface area (Å²) < 4.78 is 6.58. The van der Waals surface area contributed by atoms with Gasteiger partial charge >= 0.3 is 6.03 Å². The summed E-state index contributed by atoms with van der Waals surface area (Å²) in [4.78, 5) is 12.1. The molecule has 1 amide bonds. The number of benzene rings is 2.